The molecule has 2 heterocycles. The first-order valence-corrected chi connectivity index (χ1v) is 13.1. The minimum atomic E-state index is -1.07. The molecule has 5 rings (SSSR count). The van der Waals surface area contributed by atoms with Gasteiger partial charge in [0.2, 0.25) is 11.3 Å². The highest BCUT2D eigenvalue weighted by Gasteiger charge is 2.33. The van der Waals surface area contributed by atoms with Crippen LogP contribution >= 0.6 is 11.8 Å². The summed E-state index contributed by atoms with van der Waals surface area (Å²) in [7, 11) is 1.70. The fourth-order valence-electron chi connectivity index (χ4n) is 5.07. The van der Waals surface area contributed by atoms with Crippen molar-refractivity contribution in [3.05, 3.63) is 65.4 Å². The number of anilines is 2. The smallest absolute Gasteiger partial charge is 0.321 e. The molecular weight excluding hydrogens is 476 g/mol. The molecule has 186 valence electrons. The van der Waals surface area contributed by atoms with Crippen LogP contribution in [-0.4, -0.2) is 46.8 Å². The molecular formula is C27H28N4O4S. The van der Waals surface area contributed by atoms with E-state index in [2.05, 4.69) is 10.6 Å². The van der Waals surface area contributed by atoms with Crippen LogP contribution in [0, 0.1) is 5.92 Å². The van der Waals surface area contributed by atoms with Crippen molar-refractivity contribution in [1.82, 2.24) is 5.32 Å². The molecule has 2 aliphatic heterocycles. The minimum absolute atomic E-state index is 0.0304. The fourth-order valence-corrected chi connectivity index (χ4v) is 5.86. The van der Waals surface area contributed by atoms with Crippen LogP contribution in [0.3, 0.4) is 0 Å². The Kier molecular flexibility index (Phi) is 6.82. The fraction of sp³-hybridized carbons (Fsp3) is 0.333. The standard InChI is InChI=1S/C27H28N4O4S/c1-31-20-13-6-5-12-19(20)23(16-8-3-2-4-9-16)29-24(25(31)33)30-27(35)28-18-11-7-10-17(14-18)22-21(32)15-36-26(22)34/h5-7,10-14,16,24,32H,2-4,8-9,15H2,1H3,(H2,28,30,35)/t24-/m0/s1. The third-order valence-corrected chi connectivity index (χ3v) is 7.76. The lowest BCUT2D eigenvalue weighted by atomic mass is 9.83. The molecule has 0 unspecified atom stereocenters. The summed E-state index contributed by atoms with van der Waals surface area (Å²) >= 11 is 1.04. The zero-order chi connectivity index (χ0) is 25.2. The van der Waals surface area contributed by atoms with Gasteiger partial charge in [0.05, 0.1) is 22.7 Å². The Labute approximate surface area is 213 Å². The number of likely N-dealkylation sites (N-methyl/N-ethyl adjacent to an activating group) is 1. The number of aliphatic imine (C=N–C) groups is 1. The zero-order valence-electron chi connectivity index (χ0n) is 20.0. The molecule has 3 aliphatic rings. The van der Waals surface area contributed by atoms with Gasteiger partial charge in [-0.2, -0.15) is 0 Å². The van der Waals surface area contributed by atoms with Gasteiger partial charge in [-0.3, -0.25) is 14.6 Å². The van der Waals surface area contributed by atoms with Gasteiger partial charge in [-0.05, 0) is 36.6 Å². The molecule has 3 N–H and O–H groups in total. The molecule has 3 amide bonds. The Hall–Kier alpha value is -3.59. The van der Waals surface area contributed by atoms with Crippen molar-refractivity contribution in [2.45, 2.75) is 38.3 Å². The molecule has 9 heteroatoms. The van der Waals surface area contributed by atoms with Crippen LogP contribution in [0.5, 0.6) is 0 Å². The highest BCUT2D eigenvalue weighted by Crippen LogP contribution is 2.34. The van der Waals surface area contributed by atoms with Crippen molar-refractivity contribution in [1.29, 1.82) is 0 Å². The lowest BCUT2D eigenvalue weighted by molar-refractivity contribution is -0.119. The number of hydrogen-bond acceptors (Lipinski definition) is 6. The van der Waals surface area contributed by atoms with Crippen LogP contribution in [0.25, 0.3) is 5.57 Å². The molecule has 0 radical (unpaired) electrons. The molecule has 0 aromatic heterocycles. The number of benzene rings is 2. The molecule has 0 bridgehead atoms. The number of aliphatic hydroxyl groups excluding tert-OH is 1. The predicted molar refractivity (Wildman–Crippen MR) is 142 cm³/mol. The second-order valence-corrected chi connectivity index (χ2v) is 10.2. The third-order valence-electron chi connectivity index (χ3n) is 6.88. The molecule has 1 saturated carbocycles. The molecule has 36 heavy (non-hydrogen) atoms. The first-order valence-electron chi connectivity index (χ1n) is 12.1. The van der Waals surface area contributed by atoms with Crippen LogP contribution in [0.15, 0.2) is 59.3 Å². The van der Waals surface area contributed by atoms with Gasteiger partial charge in [-0.15, -0.1) is 0 Å². The van der Waals surface area contributed by atoms with E-state index in [1.165, 1.54) is 6.42 Å². The molecule has 0 spiro atoms. The summed E-state index contributed by atoms with van der Waals surface area (Å²) < 4.78 is 0. The summed E-state index contributed by atoms with van der Waals surface area (Å²) in [5.74, 6) is 0.197. The summed E-state index contributed by atoms with van der Waals surface area (Å²) in [5.41, 5.74) is 3.81. The normalized spacial score (nSPS) is 20.6. The van der Waals surface area contributed by atoms with Gasteiger partial charge in [0, 0.05) is 24.2 Å². The van der Waals surface area contributed by atoms with Gasteiger partial charge in [0.15, 0.2) is 0 Å². The van der Waals surface area contributed by atoms with E-state index in [1.807, 2.05) is 24.3 Å². The average Bonchev–Trinajstić information content (AvgIpc) is 3.19. The monoisotopic (exact) mass is 504 g/mol. The summed E-state index contributed by atoms with van der Waals surface area (Å²) in [6.07, 6.45) is 4.40. The van der Waals surface area contributed by atoms with Crippen molar-refractivity contribution in [2.75, 3.05) is 23.0 Å². The second-order valence-electron chi connectivity index (χ2n) is 9.24. The first-order chi connectivity index (χ1) is 17.4. The molecule has 2 aromatic carbocycles. The van der Waals surface area contributed by atoms with Crippen molar-refractivity contribution in [3.8, 4) is 0 Å². The zero-order valence-corrected chi connectivity index (χ0v) is 20.8. The number of thioether (sulfide) groups is 1. The number of nitrogens with zero attached hydrogens (tertiary/aromatic N) is 2. The van der Waals surface area contributed by atoms with Crippen molar-refractivity contribution in [3.63, 3.8) is 0 Å². The topological polar surface area (TPSA) is 111 Å². The van der Waals surface area contributed by atoms with Crippen LogP contribution in [0.4, 0.5) is 16.2 Å². The largest absolute Gasteiger partial charge is 0.511 e. The van der Waals surface area contributed by atoms with E-state index in [4.69, 9.17) is 4.99 Å². The summed E-state index contributed by atoms with van der Waals surface area (Å²) in [6.45, 7) is 0. The van der Waals surface area contributed by atoms with Crippen molar-refractivity contribution < 1.29 is 19.5 Å². The number of carbonyl (C=O) groups excluding carboxylic acids is 3. The third kappa shape index (κ3) is 4.75. The van der Waals surface area contributed by atoms with Gasteiger partial charge in [-0.1, -0.05) is 61.4 Å². The van der Waals surface area contributed by atoms with Crippen LogP contribution in [0.2, 0.25) is 0 Å². The van der Waals surface area contributed by atoms with Gasteiger partial charge < -0.3 is 20.6 Å². The predicted octanol–water partition coefficient (Wildman–Crippen LogP) is 4.72. The number of fused-ring (bicyclic) bond motifs is 1. The quantitative estimate of drug-likeness (QED) is 0.558. The van der Waals surface area contributed by atoms with E-state index in [0.29, 0.717) is 11.3 Å². The number of rotatable bonds is 4. The average molecular weight is 505 g/mol. The molecule has 0 saturated heterocycles. The summed E-state index contributed by atoms with van der Waals surface area (Å²) in [6, 6.07) is 13.9. The lowest BCUT2D eigenvalue weighted by Crippen LogP contribution is -2.47. The van der Waals surface area contributed by atoms with Crippen LogP contribution in [-0.2, 0) is 9.59 Å². The Balaban J connectivity index is 1.39. The number of nitrogens with one attached hydrogen (secondary N) is 2. The SMILES string of the molecule is CN1C(=O)[C@H](NC(=O)Nc2cccc(C3=C(O)CSC3=O)c2)N=C(C2CCCCC2)c2ccccc21. The molecule has 8 nitrogen and oxygen atoms in total. The molecule has 1 fully saturated rings. The van der Waals surface area contributed by atoms with Gasteiger partial charge in [-0.25, -0.2) is 4.79 Å². The van der Waals surface area contributed by atoms with E-state index in [0.717, 1.165) is 54.4 Å². The Morgan fingerprint density at radius 3 is 2.61 bits per heavy atom. The number of aliphatic hydroxyl groups is 1. The van der Waals surface area contributed by atoms with Gasteiger partial charge >= 0.3 is 6.03 Å². The summed E-state index contributed by atoms with van der Waals surface area (Å²) in [4.78, 5) is 44.8. The number of carbonyl (C=O) groups is 3. The maximum absolute atomic E-state index is 13.3. The van der Waals surface area contributed by atoms with Crippen molar-refractivity contribution in [2.24, 2.45) is 10.9 Å². The van der Waals surface area contributed by atoms with E-state index < -0.39 is 12.2 Å². The Bertz CT molecular complexity index is 1280. The molecule has 2 aromatic rings. The Morgan fingerprint density at radius 1 is 1.08 bits per heavy atom. The number of amides is 3. The number of benzodiazepines with no additional fused rings is 1. The lowest BCUT2D eigenvalue weighted by Gasteiger charge is -2.25. The van der Waals surface area contributed by atoms with E-state index >= 15 is 0 Å². The molecule has 1 aliphatic carbocycles. The van der Waals surface area contributed by atoms with E-state index in [-0.39, 0.29) is 34.0 Å². The van der Waals surface area contributed by atoms with Crippen molar-refractivity contribution >= 4 is 51.5 Å². The van der Waals surface area contributed by atoms with Gasteiger partial charge in [0.1, 0.15) is 5.76 Å². The number of hydrogen-bond donors (Lipinski definition) is 3. The number of para-hydroxylation sites is 1. The molecule has 1 atom stereocenters. The Morgan fingerprint density at radius 2 is 1.86 bits per heavy atom. The maximum atomic E-state index is 13.3. The number of urea groups is 1. The van der Waals surface area contributed by atoms with E-state index in [1.54, 1.807) is 36.2 Å². The van der Waals surface area contributed by atoms with E-state index in [9.17, 15) is 19.5 Å². The van der Waals surface area contributed by atoms with Crippen LogP contribution in [0.1, 0.15) is 43.2 Å². The highest BCUT2D eigenvalue weighted by molar-refractivity contribution is 8.15. The first kappa shape index (κ1) is 24.1. The maximum Gasteiger partial charge on any atom is 0.321 e. The van der Waals surface area contributed by atoms with Gasteiger partial charge in [0.25, 0.3) is 5.91 Å². The highest BCUT2D eigenvalue weighted by atomic mass is 32.2. The van der Waals surface area contributed by atoms with Crippen LogP contribution < -0.4 is 15.5 Å². The minimum Gasteiger partial charge on any atom is -0.511 e. The second kappa shape index (κ2) is 10.2. The summed E-state index contributed by atoms with van der Waals surface area (Å²) in [5, 5.41) is 15.3.